The van der Waals surface area contributed by atoms with E-state index in [1.807, 2.05) is 12.1 Å². The van der Waals surface area contributed by atoms with Crippen molar-refractivity contribution in [2.24, 2.45) is 5.92 Å². The van der Waals surface area contributed by atoms with Gasteiger partial charge in [-0.05, 0) is 51.2 Å². The molecule has 0 bridgehead atoms. The van der Waals surface area contributed by atoms with Crippen molar-refractivity contribution in [3.8, 4) is 5.88 Å². The summed E-state index contributed by atoms with van der Waals surface area (Å²) in [5, 5.41) is 3.48. The van der Waals surface area contributed by atoms with E-state index in [4.69, 9.17) is 10.5 Å². The second-order valence-electron chi connectivity index (χ2n) is 5.56. The van der Waals surface area contributed by atoms with E-state index in [1.165, 1.54) is 12.8 Å². The van der Waals surface area contributed by atoms with E-state index in [9.17, 15) is 0 Å². The van der Waals surface area contributed by atoms with Gasteiger partial charge in [0.15, 0.2) is 0 Å². The Bertz CT molecular complexity index is 414. The molecular formula is C14H23N3O. The average molecular weight is 249 g/mol. The van der Waals surface area contributed by atoms with Crippen LogP contribution in [0.4, 0.5) is 11.5 Å². The van der Waals surface area contributed by atoms with Gasteiger partial charge in [-0.1, -0.05) is 6.92 Å². The summed E-state index contributed by atoms with van der Waals surface area (Å²) in [7, 11) is 0. The van der Waals surface area contributed by atoms with Crippen molar-refractivity contribution < 1.29 is 4.74 Å². The molecule has 1 saturated carbocycles. The van der Waals surface area contributed by atoms with Gasteiger partial charge in [0.2, 0.25) is 5.88 Å². The average Bonchev–Trinajstić information content (AvgIpc) is 3.13. The SMILES string of the molecule is CCCOc1nc(NC(C)(C)C2CC2)ccc1N. The summed E-state index contributed by atoms with van der Waals surface area (Å²) in [6.07, 6.45) is 3.55. The lowest BCUT2D eigenvalue weighted by molar-refractivity contribution is 0.307. The van der Waals surface area contributed by atoms with E-state index >= 15 is 0 Å². The van der Waals surface area contributed by atoms with E-state index in [2.05, 4.69) is 31.1 Å². The van der Waals surface area contributed by atoms with Crippen LogP contribution in [0.2, 0.25) is 0 Å². The number of nitrogens with one attached hydrogen (secondary N) is 1. The second kappa shape index (κ2) is 5.04. The predicted molar refractivity (Wildman–Crippen MR) is 74.9 cm³/mol. The van der Waals surface area contributed by atoms with Crippen LogP contribution in [0.3, 0.4) is 0 Å². The molecule has 1 aliphatic carbocycles. The lowest BCUT2D eigenvalue weighted by Gasteiger charge is -2.27. The van der Waals surface area contributed by atoms with Crippen molar-refractivity contribution in [1.82, 2.24) is 4.98 Å². The number of nitrogens with two attached hydrogens (primary N) is 1. The summed E-state index contributed by atoms with van der Waals surface area (Å²) in [5.74, 6) is 2.12. The van der Waals surface area contributed by atoms with Crippen molar-refractivity contribution in [1.29, 1.82) is 0 Å². The van der Waals surface area contributed by atoms with Crippen LogP contribution < -0.4 is 15.8 Å². The number of rotatable bonds is 6. The molecule has 0 aromatic carbocycles. The minimum atomic E-state index is 0.0884. The fraction of sp³-hybridized carbons (Fsp3) is 0.643. The van der Waals surface area contributed by atoms with Gasteiger partial charge in [-0.25, -0.2) is 0 Å². The van der Waals surface area contributed by atoms with Crippen molar-refractivity contribution in [2.75, 3.05) is 17.7 Å². The number of nitrogens with zero attached hydrogens (tertiary/aromatic N) is 1. The van der Waals surface area contributed by atoms with Gasteiger partial charge < -0.3 is 15.8 Å². The smallest absolute Gasteiger partial charge is 0.239 e. The van der Waals surface area contributed by atoms with E-state index in [1.54, 1.807) is 0 Å². The van der Waals surface area contributed by atoms with Crippen LogP contribution in [-0.4, -0.2) is 17.1 Å². The molecule has 0 spiro atoms. The summed E-state index contributed by atoms with van der Waals surface area (Å²) in [5.41, 5.74) is 6.53. The summed E-state index contributed by atoms with van der Waals surface area (Å²) in [6.45, 7) is 7.14. The topological polar surface area (TPSA) is 60.2 Å². The highest BCUT2D eigenvalue weighted by Crippen LogP contribution is 2.41. The summed E-state index contributed by atoms with van der Waals surface area (Å²) >= 11 is 0. The number of hydrogen-bond donors (Lipinski definition) is 2. The molecule has 0 atom stereocenters. The second-order valence-corrected chi connectivity index (χ2v) is 5.56. The van der Waals surface area contributed by atoms with Crippen molar-refractivity contribution in [3.05, 3.63) is 12.1 Å². The molecule has 1 aliphatic rings. The molecule has 1 fully saturated rings. The van der Waals surface area contributed by atoms with Crippen LogP contribution in [0.5, 0.6) is 5.88 Å². The Morgan fingerprint density at radius 3 is 2.78 bits per heavy atom. The van der Waals surface area contributed by atoms with E-state index in [-0.39, 0.29) is 5.54 Å². The third kappa shape index (κ3) is 3.06. The Morgan fingerprint density at radius 1 is 1.44 bits per heavy atom. The van der Waals surface area contributed by atoms with Crippen LogP contribution in [0, 0.1) is 5.92 Å². The highest BCUT2D eigenvalue weighted by Gasteiger charge is 2.37. The Morgan fingerprint density at radius 2 is 2.17 bits per heavy atom. The van der Waals surface area contributed by atoms with Crippen molar-refractivity contribution in [2.45, 2.75) is 45.6 Å². The Labute approximate surface area is 109 Å². The standard InChI is InChI=1S/C14H23N3O/c1-4-9-18-13-11(15)7-8-12(16-13)17-14(2,3)10-5-6-10/h7-8,10H,4-6,9,15H2,1-3H3,(H,16,17). The van der Waals surface area contributed by atoms with Gasteiger partial charge in [0.25, 0.3) is 0 Å². The third-order valence-corrected chi connectivity index (χ3v) is 3.38. The van der Waals surface area contributed by atoms with Gasteiger partial charge in [0.05, 0.1) is 12.3 Å². The minimum absolute atomic E-state index is 0.0884. The fourth-order valence-corrected chi connectivity index (χ4v) is 2.07. The molecule has 4 heteroatoms. The van der Waals surface area contributed by atoms with Crippen LogP contribution >= 0.6 is 0 Å². The molecule has 1 aromatic heterocycles. The molecular weight excluding hydrogens is 226 g/mol. The zero-order valence-corrected chi connectivity index (χ0v) is 11.5. The lowest BCUT2D eigenvalue weighted by Crippen LogP contribution is -2.33. The highest BCUT2D eigenvalue weighted by molar-refractivity contribution is 5.54. The maximum atomic E-state index is 5.85. The Hall–Kier alpha value is -1.45. The van der Waals surface area contributed by atoms with Crippen LogP contribution in [0.1, 0.15) is 40.0 Å². The largest absolute Gasteiger partial charge is 0.476 e. The summed E-state index contributed by atoms with van der Waals surface area (Å²) in [4.78, 5) is 4.45. The monoisotopic (exact) mass is 249 g/mol. The Balaban J connectivity index is 2.08. The molecule has 1 aromatic rings. The molecule has 1 heterocycles. The number of aromatic nitrogens is 1. The number of ether oxygens (including phenoxy) is 1. The number of pyridine rings is 1. The molecule has 0 radical (unpaired) electrons. The maximum Gasteiger partial charge on any atom is 0.239 e. The molecule has 0 saturated heterocycles. The lowest BCUT2D eigenvalue weighted by atomic mass is 9.99. The molecule has 0 amide bonds. The molecule has 4 nitrogen and oxygen atoms in total. The van der Waals surface area contributed by atoms with Gasteiger partial charge in [-0.15, -0.1) is 0 Å². The predicted octanol–water partition coefficient (Wildman–Crippen LogP) is 3.05. The number of hydrogen-bond acceptors (Lipinski definition) is 4. The van der Waals surface area contributed by atoms with Crippen LogP contribution in [-0.2, 0) is 0 Å². The minimum Gasteiger partial charge on any atom is -0.476 e. The normalized spacial score (nSPS) is 15.5. The molecule has 3 N–H and O–H groups in total. The summed E-state index contributed by atoms with van der Waals surface area (Å²) in [6, 6.07) is 3.77. The van der Waals surface area contributed by atoms with Gasteiger partial charge >= 0.3 is 0 Å². The first-order chi connectivity index (χ1) is 8.53. The van der Waals surface area contributed by atoms with Crippen LogP contribution in [0.15, 0.2) is 12.1 Å². The van der Waals surface area contributed by atoms with E-state index in [0.717, 1.165) is 18.2 Å². The fourth-order valence-electron chi connectivity index (χ4n) is 2.07. The van der Waals surface area contributed by atoms with Gasteiger partial charge in [-0.2, -0.15) is 4.98 Å². The van der Waals surface area contributed by atoms with Crippen molar-refractivity contribution in [3.63, 3.8) is 0 Å². The highest BCUT2D eigenvalue weighted by atomic mass is 16.5. The van der Waals surface area contributed by atoms with Gasteiger partial charge in [0.1, 0.15) is 5.82 Å². The Kier molecular flexibility index (Phi) is 3.64. The molecule has 2 rings (SSSR count). The van der Waals surface area contributed by atoms with Gasteiger partial charge in [-0.3, -0.25) is 0 Å². The maximum absolute atomic E-state index is 5.85. The summed E-state index contributed by atoms with van der Waals surface area (Å²) < 4.78 is 5.54. The number of anilines is 2. The molecule has 0 aliphatic heterocycles. The number of nitrogen functional groups attached to an aromatic ring is 1. The van der Waals surface area contributed by atoms with Crippen molar-refractivity contribution >= 4 is 11.5 Å². The molecule has 18 heavy (non-hydrogen) atoms. The first-order valence-electron chi connectivity index (χ1n) is 6.70. The van der Waals surface area contributed by atoms with E-state index in [0.29, 0.717) is 18.2 Å². The molecule has 100 valence electrons. The third-order valence-electron chi connectivity index (χ3n) is 3.38. The van der Waals surface area contributed by atoms with Crippen LogP contribution in [0.25, 0.3) is 0 Å². The zero-order valence-electron chi connectivity index (χ0n) is 11.5. The first kappa shape index (κ1) is 13.0. The molecule has 0 unspecified atom stereocenters. The zero-order chi connectivity index (χ0) is 13.2. The van der Waals surface area contributed by atoms with Gasteiger partial charge in [0, 0.05) is 5.54 Å². The van der Waals surface area contributed by atoms with E-state index < -0.39 is 0 Å². The quantitative estimate of drug-likeness (QED) is 0.813. The first-order valence-corrected chi connectivity index (χ1v) is 6.70.